The molecule has 1 heterocycles. The molecule has 3 heteroatoms. The van der Waals surface area contributed by atoms with Crippen LogP contribution >= 0.6 is 0 Å². The van der Waals surface area contributed by atoms with Crippen molar-refractivity contribution in [3.8, 4) is 6.07 Å². The summed E-state index contributed by atoms with van der Waals surface area (Å²) >= 11 is 0. The Morgan fingerprint density at radius 3 is 2.79 bits per heavy atom. The molecule has 0 saturated heterocycles. The van der Waals surface area contributed by atoms with Crippen LogP contribution in [0.3, 0.4) is 0 Å². The van der Waals surface area contributed by atoms with Crippen LogP contribution in [0.2, 0.25) is 0 Å². The lowest BCUT2D eigenvalue weighted by Crippen LogP contribution is -2.00. The molecule has 0 aliphatic heterocycles. The number of fused-ring (bicyclic) bond motifs is 1. The third-order valence-electron chi connectivity index (χ3n) is 2.63. The molecule has 1 aromatic heterocycles. The van der Waals surface area contributed by atoms with Crippen LogP contribution in [-0.4, -0.2) is 12.4 Å². The van der Waals surface area contributed by atoms with E-state index in [0.717, 1.165) is 22.2 Å². The molecule has 0 bridgehead atoms. The highest BCUT2D eigenvalue weighted by Gasteiger charge is 2.10. The van der Waals surface area contributed by atoms with E-state index < -0.39 is 0 Å². The Labute approximate surface area is 84.2 Å². The van der Waals surface area contributed by atoms with Gasteiger partial charge < -0.3 is 4.57 Å². The second-order valence-electron chi connectivity index (χ2n) is 3.41. The number of hydrogen-bond acceptors (Lipinski definition) is 1. The predicted molar refractivity (Wildman–Crippen MR) is 57.8 cm³/mol. The number of rotatable bonds is 0. The zero-order valence-corrected chi connectivity index (χ0v) is 8.20. The topological polar surface area (TPSA) is 28.7 Å². The van der Waals surface area contributed by atoms with Gasteiger partial charge in [0.05, 0.1) is 5.56 Å². The summed E-state index contributed by atoms with van der Waals surface area (Å²) in [5.41, 5.74) is 3.44. The normalized spacial score (nSPS) is 10.4. The third-order valence-corrected chi connectivity index (χ3v) is 2.63. The summed E-state index contributed by atoms with van der Waals surface area (Å²) in [5, 5.41) is 9.95. The molecule has 2 nitrogen and oxygen atoms in total. The molecule has 0 aliphatic rings. The molecule has 0 N–H and O–H groups in total. The van der Waals surface area contributed by atoms with Gasteiger partial charge in [-0.05, 0) is 13.0 Å². The number of aryl methyl sites for hydroxylation is 1. The number of benzene rings is 1. The van der Waals surface area contributed by atoms with E-state index in [1.54, 1.807) is 0 Å². The summed E-state index contributed by atoms with van der Waals surface area (Å²) in [5.74, 6) is 0. The lowest BCUT2D eigenvalue weighted by molar-refractivity contribution is 0.915. The van der Waals surface area contributed by atoms with Crippen LogP contribution in [0, 0.1) is 18.3 Å². The molecule has 0 atom stereocenters. The van der Waals surface area contributed by atoms with Crippen LogP contribution < -0.4 is 5.46 Å². The fraction of sp³-hybridized carbons (Fsp3) is 0.182. The molecule has 0 fully saturated rings. The van der Waals surface area contributed by atoms with Gasteiger partial charge in [-0.25, -0.2) is 0 Å². The standard InChI is InChI=1S/C11H9BN2/c1-7-10(6-13)9-5-8(12)3-4-11(9)14(7)2/h3-5H,1-2H3. The van der Waals surface area contributed by atoms with Crippen molar-refractivity contribution >= 4 is 24.2 Å². The van der Waals surface area contributed by atoms with Crippen LogP contribution in [0.15, 0.2) is 18.2 Å². The highest BCUT2D eigenvalue weighted by Crippen LogP contribution is 2.22. The van der Waals surface area contributed by atoms with Crippen LogP contribution in [-0.2, 0) is 7.05 Å². The monoisotopic (exact) mass is 180 g/mol. The quantitative estimate of drug-likeness (QED) is 0.559. The minimum atomic E-state index is 0.694. The third kappa shape index (κ3) is 1.04. The van der Waals surface area contributed by atoms with Gasteiger partial charge in [-0.1, -0.05) is 17.6 Å². The summed E-state index contributed by atoms with van der Waals surface area (Å²) in [6.07, 6.45) is 0. The summed E-state index contributed by atoms with van der Waals surface area (Å²) in [6, 6.07) is 7.85. The number of nitrogens with zero attached hydrogens (tertiary/aromatic N) is 2. The van der Waals surface area contributed by atoms with E-state index >= 15 is 0 Å². The van der Waals surface area contributed by atoms with Gasteiger partial charge in [-0.3, -0.25) is 0 Å². The van der Waals surface area contributed by atoms with E-state index in [9.17, 15) is 0 Å². The lowest BCUT2D eigenvalue weighted by Gasteiger charge is -1.98. The summed E-state index contributed by atoms with van der Waals surface area (Å²) < 4.78 is 2.01. The van der Waals surface area contributed by atoms with Gasteiger partial charge in [0.15, 0.2) is 0 Å². The zero-order chi connectivity index (χ0) is 10.3. The van der Waals surface area contributed by atoms with Crippen molar-refractivity contribution < 1.29 is 0 Å². The van der Waals surface area contributed by atoms with E-state index in [2.05, 4.69) is 6.07 Å². The van der Waals surface area contributed by atoms with Crippen molar-refractivity contribution in [2.24, 2.45) is 7.05 Å². The average molecular weight is 180 g/mol. The van der Waals surface area contributed by atoms with E-state index in [1.807, 2.05) is 36.7 Å². The predicted octanol–water partition coefficient (Wildman–Crippen LogP) is 1.15. The van der Waals surface area contributed by atoms with E-state index in [-0.39, 0.29) is 0 Å². The number of hydrogen-bond donors (Lipinski definition) is 0. The maximum Gasteiger partial charge on any atom is 0.113 e. The minimum absolute atomic E-state index is 0.694. The van der Waals surface area contributed by atoms with Crippen molar-refractivity contribution in [2.45, 2.75) is 6.92 Å². The highest BCUT2D eigenvalue weighted by molar-refractivity contribution is 6.33. The minimum Gasteiger partial charge on any atom is -0.347 e. The van der Waals surface area contributed by atoms with Crippen molar-refractivity contribution in [3.05, 3.63) is 29.5 Å². The van der Waals surface area contributed by atoms with Crippen molar-refractivity contribution in [3.63, 3.8) is 0 Å². The van der Waals surface area contributed by atoms with Crippen LogP contribution in [0.25, 0.3) is 10.9 Å². The zero-order valence-electron chi connectivity index (χ0n) is 8.20. The smallest absolute Gasteiger partial charge is 0.113 e. The first-order valence-corrected chi connectivity index (χ1v) is 4.39. The second kappa shape index (κ2) is 2.92. The first-order valence-electron chi connectivity index (χ1n) is 4.39. The largest absolute Gasteiger partial charge is 0.347 e. The van der Waals surface area contributed by atoms with Gasteiger partial charge in [0.1, 0.15) is 13.9 Å². The molecular weight excluding hydrogens is 171 g/mol. The molecule has 2 radical (unpaired) electrons. The Bertz CT molecular complexity index is 546. The van der Waals surface area contributed by atoms with Gasteiger partial charge in [0.2, 0.25) is 0 Å². The molecule has 0 unspecified atom stereocenters. The van der Waals surface area contributed by atoms with Gasteiger partial charge in [0.25, 0.3) is 0 Å². The van der Waals surface area contributed by atoms with Gasteiger partial charge in [-0.2, -0.15) is 5.26 Å². The van der Waals surface area contributed by atoms with Crippen molar-refractivity contribution in [2.75, 3.05) is 0 Å². The molecule has 2 rings (SSSR count). The van der Waals surface area contributed by atoms with Gasteiger partial charge in [0, 0.05) is 23.6 Å². The molecule has 14 heavy (non-hydrogen) atoms. The second-order valence-corrected chi connectivity index (χ2v) is 3.41. The first-order chi connectivity index (χ1) is 6.65. The molecule has 1 aromatic carbocycles. The first kappa shape index (κ1) is 8.89. The molecule has 2 aromatic rings. The SMILES string of the molecule is [B]c1ccc2c(c1)c(C#N)c(C)n2C. The molecule has 66 valence electrons. The molecule has 0 spiro atoms. The molecule has 0 amide bonds. The Balaban J connectivity index is 2.98. The van der Waals surface area contributed by atoms with E-state index in [4.69, 9.17) is 13.1 Å². The average Bonchev–Trinajstić information content (AvgIpc) is 2.39. The van der Waals surface area contributed by atoms with Crippen LogP contribution in [0.4, 0.5) is 0 Å². The molecule has 0 saturated carbocycles. The molecule has 0 aliphatic carbocycles. The number of aromatic nitrogens is 1. The number of nitriles is 1. The Hall–Kier alpha value is -1.69. The lowest BCUT2D eigenvalue weighted by atomic mass is 9.94. The fourth-order valence-corrected chi connectivity index (χ4v) is 1.73. The van der Waals surface area contributed by atoms with Crippen molar-refractivity contribution in [1.29, 1.82) is 5.26 Å². The maximum absolute atomic E-state index is 9.02. The van der Waals surface area contributed by atoms with Gasteiger partial charge >= 0.3 is 0 Å². The van der Waals surface area contributed by atoms with Crippen molar-refractivity contribution in [1.82, 2.24) is 4.57 Å². The maximum atomic E-state index is 9.02. The molecular formula is C11H9BN2. The Morgan fingerprint density at radius 2 is 2.14 bits per heavy atom. The Kier molecular flexibility index (Phi) is 1.85. The van der Waals surface area contributed by atoms with E-state index in [0.29, 0.717) is 5.46 Å². The summed E-state index contributed by atoms with van der Waals surface area (Å²) in [7, 11) is 7.64. The Morgan fingerprint density at radius 1 is 1.43 bits per heavy atom. The highest BCUT2D eigenvalue weighted by atomic mass is 14.9. The van der Waals surface area contributed by atoms with E-state index in [1.165, 1.54) is 0 Å². The fourth-order valence-electron chi connectivity index (χ4n) is 1.73. The summed E-state index contributed by atoms with van der Waals surface area (Å²) in [4.78, 5) is 0. The summed E-state index contributed by atoms with van der Waals surface area (Å²) in [6.45, 7) is 1.94. The van der Waals surface area contributed by atoms with Crippen LogP contribution in [0.1, 0.15) is 11.3 Å². The van der Waals surface area contributed by atoms with Crippen LogP contribution in [0.5, 0.6) is 0 Å². The van der Waals surface area contributed by atoms with Gasteiger partial charge in [-0.15, -0.1) is 0 Å².